The number of benzene rings is 3. The van der Waals surface area contributed by atoms with Crippen molar-refractivity contribution < 1.29 is 86.6 Å². The number of unbranched alkanes of at least 4 members (excludes halogenated alkanes) is 2. The number of aliphatic hydroxyl groups excluding tert-OH is 1. The maximum atomic E-state index is 15.9. The predicted molar refractivity (Wildman–Crippen MR) is 509 cm³/mol. The molecule has 5 heterocycles. The van der Waals surface area contributed by atoms with Gasteiger partial charge in [-0.2, -0.15) is 0 Å². The van der Waals surface area contributed by atoms with Crippen LogP contribution < -0.4 is 81.0 Å². The monoisotopic (exact) mass is 1900 g/mol. The van der Waals surface area contributed by atoms with Gasteiger partial charge in [0.1, 0.15) is 84.6 Å². The number of nitrogens with two attached hydrogens (primary N) is 3. The molecule has 0 radical (unpaired) electrons. The molecule has 0 bridgehead atoms. The first kappa shape index (κ1) is 108. The summed E-state index contributed by atoms with van der Waals surface area (Å²) in [6.07, 6.45) is 5.87. The molecule has 136 heavy (non-hydrogen) atoms. The van der Waals surface area contributed by atoms with Crippen molar-refractivity contribution >= 4 is 146 Å². The zero-order valence-electron chi connectivity index (χ0n) is 78.6. The molecule has 3 aromatic heterocycles. The highest BCUT2D eigenvalue weighted by Crippen LogP contribution is 2.27. The average molecular weight is 1910 g/mol. The molecule has 2 aliphatic heterocycles. The molecule has 738 valence electrons. The molecule has 3 aromatic carbocycles. The molecule has 42 nitrogen and oxygen atoms in total. The topological polar surface area (TPSA) is 630 Å². The van der Waals surface area contributed by atoms with Gasteiger partial charge < -0.3 is 121 Å². The summed E-state index contributed by atoms with van der Waals surface area (Å²) in [5, 5.41) is 52.4. The standard InChI is InChI=1S/C93H132N24O18S/c1-12-14-32-72-86(129)107-63(37-51(3)4)83(126)112-71(80(123)102-46-76(95)120)48-136-49-77(121)104-66(39-55-25-17-16-18-26-55)89(132)114(9)54(8)79(122)109-68(42-75(94)119)91(134)117-36-24-34-73(117)87(130)113-78(53(7)69-45-98-50-103-69)88(131)108-64(38-52(5)6)82(125)111-70(47-118)85(128)106-65(40-56-43-100-60-29-21-19-27-58(56)60)84(127)105-62(31-23-35-99-93(96)97)81(124)110-67(41-57-44-101-61-30-22-20-28-59(57)61)90(133)116(11)74(33-15-13-2)92(135)115(72)10/h16-22,25-30,43-45,50-52,54,62-68,70-74,78,100-101,118H,7,12-15,23-24,31-42,46-49H2,1-6,8-11H3,(H2,94,119)(H2,95,120)(H,98,103)(H,102,123)(H,104,121)(H,105,127)(H,106,128)(H,107,129)(H,108,131)(H,109,122)(H,110,124)(H,111,125)(H,112,126)(H,113,130)(H4,96,97,99)/t54-,62-,63-,64-,65-,66-,67?,68-,70-,71-,72-,73-,74-,78-/m0/s1. The molecule has 17 amide bonds. The minimum absolute atomic E-state index is 0.0138. The van der Waals surface area contributed by atoms with Crippen LogP contribution >= 0.6 is 11.8 Å². The molecule has 23 N–H and O–H groups in total. The number of carbonyl (C=O) groups is 17. The summed E-state index contributed by atoms with van der Waals surface area (Å²) in [6.45, 7) is 14.2. The van der Waals surface area contributed by atoms with Crippen LogP contribution in [0.1, 0.15) is 154 Å². The van der Waals surface area contributed by atoms with Crippen molar-refractivity contribution in [3.05, 3.63) is 133 Å². The van der Waals surface area contributed by atoms with Crippen LogP contribution in [0, 0.1) is 17.2 Å². The van der Waals surface area contributed by atoms with Gasteiger partial charge in [0.05, 0.1) is 43.5 Å². The fraction of sp³-hybridized carbons (Fsp3) is 0.516. The van der Waals surface area contributed by atoms with Crippen molar-refractivity contribution in [1.29, 1.82) is 5.41 Å². The number of aliphatic hydroxyl groups is 1. The number of carbonyl (C=O) groups excluding carboxylic acids is 17. The van der Waals surface area contributed by atoms with Gasteiger partial charge in [0.25, 0.3) is 0 Å². The van der Waals surface area contributed by atoms with Crippen LogP contribution in [0.4, 0.5) is 0 Å². The second-order valence-corrected chi connectivity index (χ2v) is 36.2. The number of likely N-dealkylation sites (N-methyl/N-ethyl adjacent to an activating group) is 3. The first-order valence-electron chi connectivity index (χ1n) is 45.8. The highest BCUT2D eigenvalue weighted by molar-refractivity contribution is 8.00. The molecule has 2 saturated heterocycles. The molecule has 2 fully saturated rings. The van der Waals surface area contributed by atoms with Crippen LogP contribution in [0.25, 0.3) is 27.4 Å². The van der Waals surface area contributed by atoms with Gasteiger partial charge in [0.2, 0.25) is 100 Å². The van der Waals surface area contributed by atoms with E-state index in [1.807, 2.05) is 13.8 Å². The van der Waals surface area contributed by atoms with Crippen molar-refractivity contribution in [2.24, 2.45) is 29.0 Å². The molecule has 43 heteroatoms. The van der Waals surface area contributed by atoms with Crippen molar-refractivity contribution in [1.82, 2.24) is 103 Å². The average Bonchev–Trinajstić information content (AvgIpc) is 1.67. The lowest BCUT2D eigenvalue weighted by molar-refractivity contribution is -0.149. The van der Waals surface area contributed by atoms with Gasteiger partial charge in [-0.05, 0) is 98.9 Å². The number of hydrogen-bond donors (Lipinski definition) is 20. The maximum Gasteiger partial charge on any atom is 0.247 e. The summed E-state index contributed by atoms with van der Waals surface area (Å²) in [6, 6.07) is 0.887. The third-order valence-corrected chi connectivity index (χ3v) is 24.9. The van der Waals surface area contributed by atoms with Gasteiger partial charge in [-0.3, -0.25) is 86.9 Å². The van der Waals surface area contributed by atoms with Crippen LogP contribution in [-0.2, 0) is 101 Å². The van der Waals surface area contributed by atoms with E-state index in [1.54, 1.807) is 119 Å². The molecule has 0 saturated carbocycles. The minimum Gasteiger partial charge on any atom is -0.394 e. The highest BCUT2D eigenvalue weighted by atomic mass is 32.2. The van der Waals surface area contributed by atoms with Gasteiger partial charge in [0.15, 0.2) is 5.96 Å². The first-order valence-corrected chi connectivity index (χ1v) is 46.9. The Bertz CT molecular complexity index is 5220. The minimum atomic E-state index is -1.89. The number of nitrogens with one attached hydrogen (secondary N) is 16. The van der Waals surface area contributed by atoms with E-state index in [1.165, 1.54) is 50.4 Å². The number of guanidine groups is 1. The summed E-state index contributed by atoms with van der Waals surface area (Å²) in [4.78, 5) is 269. The normalized spacial score (nSPS) is 23.7. The van der Waals surface area contributed by atoms with E-state index < -0.39 is 222 Å². The van der Waals surface area contributed by atoms with Crippen molar-refractivity contribution in [2.75, 3.05) is 58.9 Å². The second kappa shape index (κ2) is 52.2. The smallest absolute Gasteiger partial charge is 0.247 e. The summed E-state index contributed by atoms with van der Waals surface area (Å²) >= 11 is 0.823. The van der Waals surface area contributed by atoms with E-state index in [0.717, 1.165) is 21.6 Å². The lowest BCUT2D eigenvalue weighted by Gasteiger charge is -2.36. The number of rotatable bonds is 28. The van der Waals surface area contributed by atoms with E-state index in [4.69, 9.17) is 22.6 Å². The molecule has 8 rings (SSSR count). The van der Waals surface area contributed by atoms with Crippen molar-refractivity contribution in [3.63, 3.8) is 0 Å². The molecule has 0 aliphatic carbocycles. The summed E-state index contributed by atoms with van der Waals surface area (Å²) in [5.41, 5.74) is 19.8. The zero-order chi connectivity index (χ0) is 99.7. The molecule has 0 spiro atoms. The number of imidazole rings is 1. The fourth-order valence-electron chi connectivity index (χ4n) is 16.3. The Morgan fingerprint density at radius 3 is 1.63 bits per heavy atom. The third-order valence-electron chi connectivity index (χ3n) is 23.9. The Labute approximate surface area is 793 Å². The molecular formula is C93H132N24O18S. The number of aromatic amines is 3. The number of para-hydroxylation sites is 2. The van der Waals surface area contributed by atoms with Crippen molar-refractivity contribution in [3.8, 4) is 0 Å². The molecule has 14 atom stereocenters. The zero-order valence-corrected chi connectivity index (χ0v) is 79.4. The van der Waals surface area contributed by atoms with E-state index >= 15 is 33.6 Å². The lowest BCUT2D eigenvalue weighted by Crippen LogP contribution is -2.62. The van der Waals surface area contributed by atoms with Gasteiger partial charge in [0, 0.05) is 99.0 Å². The molecule has 2 aliphatic rings. The largest absolute Gasteiger partial charge is 0.394 e. The summed E-state index contributed by atoms with van der Waals surface area (Å²) in [7, 11) is 4.03. The maximum absolute atomic E-state index is 15.9. The van der Waals surface area contributed by atoms with Crippen LogP contribution in [-0.4, -0.2) is 294 Å². The van der Waals surface area contributed by atoms with Crippen LogP contribution in [0.5, 0.6) is 0 Å². The highest BCUT2D eigenvalue weighted by Gasteiger charge is 2.45. The second-order valence-electron chi connectivity index (χ2n) is 35.2. The SMILES string of the molecule is C=C(c1cnc[nH]1)[C@@H]1NC(=O)[C@@H]2CCCN2C(=O)[C@H](CC(N)=O)NC(=O)[C@H](C)N(C)C(=O)[C@H](Cc2ccccc2)NC(=O)CSC[C@@H](C(=O)NCC(N)=O)NC(=O)[C@H](CC(C)C)NC(=O)[C@H](CCCC)N(C)C(=O)[C@H](CCCC)N(C)C(=O)C(Cc2c[nH]c3ccccc23)NC(=O)[C@H](CCCNC(=N)N)NC(=O)[C@H](Cc2c[nH]c3ccccc23)NC(=O)[C@H](CO)NC(=O)[C@H](CC(C)C)NC1=O. The number of amides is 17. The molecular weight excluding hydrogens is 1770 g/mol. The van der Waals surface area contributed by atoms with E-state index in [9.17, 15) is 53.1 Å². The molecule has 6 aromatic rings. The number of aromatic nitrogens is 4. The third kappa shape index (κ3) is 30.9. The number of primary amides is 2. The van der Waals surface area contributed by atoms with Crippen LogP contribution in [0.2, 0.25) is 0 Å². The Morgan fingerprint density at radius 2 is 1.05 bits per heavy atom. The quantitative estimate of drug-likeness (QED) is 0.0166. The van der Waals surface area contributed by atoms with E-state index in [2.05, 4.69) is 90.3 Å². The predicted octanol–water partition coefficient (Wildman–Crippen LogP) is -0.595. The summed E-state index contributed by atoms with van der Waals surface area (Å²) in [5.74, 6) is -17.8. The van der Waals surface area contributed by atoms with Crippen LogP contribution in [0.15, 0.2) is 110 Å². The fourth-order valence-corrected chi connectivity index (χ4v) is 17.1. The Balaban J connectivity index is 1.21. The Kier molecular flexibility index (Phi) is 41.3. The Hall–Kier alpha value is -13.7. The Morgan fingerprint density at radius 1 is 0.537 bits per heavy atom. The van der Waals surface area contributed by atoms with E-state index in [0.29, 0.717) is 64.2 Å². The number of thioether (sulfide) groups is 1. The summed E-state index contributed by atoms with van der Waals surface area (Å²) < 4.78 is 0. The van der Waals surface area contributed by atoms with Gasteiger partial charge in [-0.25, -0.2) is 4.98 Å². The number of nitrogens with zero attached hydrogens (tertiary/aromatic N) is 5. The lowest BCUT2D eigenvalue weighted by atomic mass is 9.99. The van der Waals surface area contributed by atoms with E-state index in [-0.39, 0.29) is 107 Å². The van der Waals surface area contributed by atoms with Crippen LogP contribution in [0.3, 0.4) is 0 Å². The van der Waals surface area contributed by atoms with Gasteiger partial charge in [-0.1, -0.05) is 141 Å². The molecule has 1 unspecified atom stereocenters. The first-order chi connectivity index (χ1) is 64.7. The number of fused-ring (bicyclic) bond motifs is 3. The van der Waals surface area contributed by atoms with Gasteiger partial charge in [-0.15, -0.1) is 11.8 Å². The van der Waals surface area contributed by atoms with Gasteiger partial charge >= 0.3 is 0 Å². The number of hydrogen-bond acceptors (Lipinski definition) is 21. The number of H-pyrrole nitrogens is 3. The van der Waals surface area contributed by atoms with Crippen molar-refractivity contribution in [2.45, 2.75) is 236 Å².